The van der Waals surface area contributed by atoms with E-state index in [0.29, 0.717) is 30.4 Å². The lowest BCUT2D eigenvalue weighted by molar-refractivity contribution is 0.206. The van der Waals surface area contributed by atoms with Gasteiger partial charge in [0.25, 0.3) is 0 Å². The largest absolute Gasteiger partial charge is 0.338 e. The second-order valence-electron chi connectivity index (χ2n) is 4.99. The molecule has 0 unspecified atom stereocenters. The molecule has 0 aliphatic carbocycles. The van der Waals surface area contributed by atoms with Crippen LogP contribution in [0.2, 0.25) is 0 Å². The van der Waals surface area contributed by atoms with E-state index in [2.05, 4.69) is 10.5 Å². The van der Waals surface area contributed by atoms with E-state index in [9.17, 15) is 9.00 Å². The Hall–Kier alpha value is -1.37. The monoisotopic (exact) mass is 271 g/mol. The summed E-state index contributed by atoms with van der Waals surface area (Å²) < 4.78 is 16.3. The molecule has 100 valence electrons. The number of aryl methyl sites for hydroxylation is 1. The highest BCUT2D eigenvalue weighted by atomic mass is 32.2. The SMILES string of the molecule is Cc1cc(NC(=O)N2CC[S@@](=O)C(C)(C)C2)on1. The van der Waals surface area contributed by atoms with Gasteiger partial charge >= 0.3 is 6.03 Å². The third-order valence-corrected chi connectivity index (χ3v) is 4.80. The number of nitrogens with one attached hydrogen (secondary N) is 1. The van der Waals surface area contributed by atoms with Crippen LogP contribution in [0.4, 0.5) is 10.7 Å². The molecule has 1 saturated heterocycles. The van der Waals surface area contributed by atoms with Crippen LogP contribution in [-0.2, 0) is 10.8 Å². The molecule has 1 aliphatic heterocycles. The molecule has 0 bridgehead atoms. The van der Waals surface area contributed by atoms with Crippen molar-refractivity contribution in [3.05, 3.63) is 11.8 Å². The van der Waals surface area contributed by atoms with Crippen LogP contribution in [0.1, 0.15) is 19.5 Å². The predicted octanol–water partition coefficient (Wildman–Crippen LogP) is 1.36. The van der Waals surface area contributed by atoms with Crippen LogP contribution in [0, 0.1) is 6.92 Å². The van der Waals surface area contributed by atoms with Gasteiger partial charge in [-0.25, -0.2) is 4.79 Å². The van der Waals surface area contributed by atoms with Gasteiger partial charge in [-0.3, -0.25) is 9.53 Å². The Morgan fingerprint density at radius 1 is 1.61 bits per heavy atom. The van der Waals surface area contributed by atoms with Crippen LogP contribution in [0.15, 0.2) is 10.6 Å². The van der Waals surface area contributed by atoms with Gasteiger partial charge < -0.3 is 9.42 Å². The van der Waals surface area contributed by atoms with Crippen molar-refractivity contribution < 1.29 is 13.5 Å². The topological polar surface area (TPSA) is 75.4 Å². The lowest BCUT2D eigenvalue weighted by Gasteiger charge is -2.36. The summed E-state index contributed by atoms with van der Waals surface area (Å²) >= 11 is 0. The van der Waals surface area contributed by atoms with Crippen molar-refractivity contribution in [2.45, 2.75) is 25.5 Å². The Bertz CT molecular complexity index is 484. The predicted molar refractivity (Wildman–Crippen MR) is 68.9 cm³/mol. The molecule has 1 aromatic rings. The summed E-state index contributed by atoms with van der Waals surface area (Å²) in [5, 5.41) is 6.34. The molecule has 6 nitrogen and oxygen atoms in total. The molecule has 0 aromatic carbocycles. The summed E-state index contributed by atoms with van der Waals surface area (Å²) in [6, 6.07) is 1.42. The molecule has 0 spiro atoms. The lowest BCUT2D eigenvalue weighted by atomic mass is 10.2. The first kappa shape index (κ1) is 13.1. The fourth-order valence-electron chi connectivity index (χ4n) is 1.86. The van der Waals surface area contributed by atoms with Crippen LogP contribution < -0.4 is 5.32 Å². The van der Waals surface area contributed by atoms with Gasteiger partial charge in [0, 0.05) is 35.7 Å². The summed E-state index contributed by atoms with van der Waals surface area (Å²) in [4.78, 5) is 13.7. The third kappa shape index (κ3) is 2.72. The fraction of sp³-hybridized carbons (Fsp3) is 0.636. The quantitative estimate of drug-likeness (QED) is 0.836. The molecular formula is C11H17N3O3S. The van der Waals surface area contributed by atoms with Gasteiger partial charge in [0.2, 0.25) is 5.88 Å². The van der Waals surface area contributed by atoms with Crippen molar-refractivity contribution in [3.8, 4) is 0 Å². The van der Waals surface area contributed by atoms with Crippen LogP contribution in [0.3, 0.4) is 0 Å². The van der Waals surface area contributed by atoms with Crippen molar-refractivity contribution in [2.75, 3.05) is 24.2 Å². The zero-order valence-corrected chi connectivity index (χ0v) is 11.5. The lowest BCUT2D eigenvalue weighted by Crippen LogP contribution is -2.53. The van der Waals surface area contributed by atoms with Gasteiger partial charge in [0.15, 0.2) is 0 Å². The number of hydrogen-bond donors (Lipinski definition) is 1. The molecule has 7 heteroatoms. The molecule has 0 radical (unpaired) electrons. The highest BCUT2D eigenvalue weighted by Crippen LogP contribution is 2.21. The second kappa shape index (κ2) is 4.72. The molecule has 1 fully saturated rings. The Balaban J connectivity index is 2.00. The Labute approximate surface area is 108 Å². The summed E-state index contributed by atoms with van der Waals surface area (Å²) in [5.41, 5.74) is 0.713. The average molecular weight is 271 g/mol. The van der Waals surface area contributed by atoms with E-state index in [1.54, 1.807) is 17.9 Å². The van der Waals surface area contributed by atoms with E-state index in [1.165, 1.54) is 0 Å². The van der Waals surface area contributed by atoms with Crippen molar-refractivity contribution in [3.63, 3.8) is 0 Å². The maximum absolute atomic E-state index is 12.0. The molecular weight excluding hydrogens is 254 g/mol. The third-order valence-electron chi connectivity index (χ3n) is 2.88. The van der Waals surface area contributed by atoms with Crippen LogP contribution in [0.25, 0.3) is 0 Å². The number of carbonyl (C=O) groups is 1. The van der Waals surface area contributed by atoms with Crippen molar-refractivity contribution >= 4 is 22.7 Å². The standard InChI is InChI=1S/C11H17N3O3S/c1-8-6-9(17-13-8)12-10(15)14-4-5-18(16)11(2,3)7-14/h6H,4-5,7H2,1-3H3,(H,12,15)/t18-/m1/s1. The maximum Gasteiger partial charge on any atom is 0.324 e. The Morgan fingerprint density at radius 2 is 2.33 bits per heavy atom. The summed E-state index contributed by atoms with van der Waals surface area (Å²) in [6.45, 7) is 6.56. The summed E-state index contributed by atoms with van der Waals surface area (Å²) in [7, 11) is -0.888. The number of amides is 2. The molecule has 2 heterocycles. The van der Waals surface area contributed by atoms with Crippen molar-refractivity contribution in [2.24, 2.45) is 0 Å². The molecule has 0 saturated carbocycles. The van der Waals surface area contributed by atoms with E-state index in [4.69, 9.17) is 4.52 Å². The van der Waals surface area contributed by atoms with Gasteiger partial charge in [-0.2, -0.15) is 0 Å². The van der Waals surface area contributed by atoms with E-state index in [1.807, 2.05) is 13.8 Å². The number of hydrogen-bond acceptors (Lipinski definition) is 4. The number of anilines is 1. The van der Waals surface area contributed by atoms with Crippen LogP contribution >= 0.6 is 0 Å². The van der Waals surface area contributed by atoms with Crippen molar-refractivity contribution in [1.29, 1.82) is 0 Å². The van der Waals surface area contributed by atoms with Crippen LogP contribution in [-0.4, -0.2) is 43.9 Å². The van der Waals surface area contributed by atoms with Gasteiger partial charge in [0.05, 0.1) is 10.4 Å². The molecule has 1 aromatic heterocycles. The minimum atomic E-state index is -0.888. The highest BCUT2D eigenvalue weighted by Gasteiger charge is 2.35. The summed E-state index contributed by atoms with van der Waals surface area (Å²) in [5.74, 6) is 0.845. The van der Waals surface area contributed by atoms with Crippen molar-refractivity contribution in [1.82, 2.24) is 10.1 Å². The van der Waals surface area contributed by atoms with Crippen LogP contribution in [0.5, 0.6) is 0 Å². The van der Waals surface area contributed by atoms with E-state index in [0.717, 1.165) is 0 Å². The number of urea groups is 1. The van der Waals surface area contributed by atoms with Gasteiger partial charge in [-0.15, -0.1) is 0 Å². The first-order chi connectivity index (χ1) is 8.38. The maximum atomic E-state index is 12.0. The van der Waals surface area contributed by atoms with Gasteiger partial charge in [-0.1, -0.05) is 5.16 Å². The number of rotatable bonds is 1. The molecule has 1 N–H and O–H groups in total. The smallest absolute Gasteiger partial charge is 0.324 e. The highest BCUT2D eigenvalue weighted by molar-refractivity contribution is 7.86. The zero-order valence-electron chi connectivity index (χ0n) is 10.7. The molecule has 2 amide bonds. The second-order valence-corrected chi connectivity index (χ2v) is 7.20. The Kier molecular flexibility index (Phi) is 3.43. The number of carbonyl (C=O) groups excluding carboxylic acids is 1. The number of nitrogens with zero attached hydrogens (tertiary/aromatic N) is 2. The van der Waals surface area contributed by atoms with E-state index >= 15 is 0 Å². The summed E-state index contributed by atoms with van der Waals surface area (Å²) in [6.07, 6.45) is 0. The first-order valence-corrected chi connectivity index (χ1v) is 7.08. The first-order valence-electron chi connectivity index (χ1n) is 5.76. The van der Waals surface area contributed by atoms with E-state index < -0.39 is 10.8 Å². The average Bonchev–Trinajstić information content (AvgIpc) is 2.68. The minimum Gasteiger partial charge on any atom is -0.338 e. The van der Waals surface area contributed by atoms with Gasteiger partial charge in [-0.05, 0) is 20.8 Å². The minimum absolute atomic E-state index is 0.240. The van der Waals surface area contributed by atoms with Gasteiger partial charge in [0.1, 0.15) is 0 Å². The normalized spacial score (nSPS) is 22.8. The number of aromatic nitrogens is 1. The molecule has 1 atom stereocenters. The molecule has 2 rings (SSSR count). The van der Waals surface area contributed by atoms with E-state index in [-0.39, 0.29) is 10.8 Å². The molecule has 1 aliphatic rings. The zero-order chi connectivity index (χ0) is 13.3. The fourth-order valence-corrected chi connectivity index (χ4v) is 3.10. The Morgan fingerprint density at radius 3 is 2.89 bits per heavy atom. The molecule has 18 heavy (non-hydrogen) atoms.